The van der Waals surface area contributed by atoms with Crippen LogP contribution in [-0.2, 0) is 16.0 Å². The molecule has 0 bridgehead atoms. The SMILES string of the molecule is CCc1ccc(-c2csc(NC(=O)C3CCN(C(=O)C(C)(C)C)CC3)n2)cc1. The molecule has 5 nitrogen and oxygen atoms in total. The first-order valence-corrected chi connectivity index (χ1v) is 10.8. The van der Waals surface area contributed by atoms with Crippen molar-refractivity contribution in [2.24, 2.45) is 11.3 Å². The Morgan fingerprint density at radius 1 is 1.18 bits per heavy atom. The molecule has 0 radical (unpaired) electrons. The van der Waals surface area contributed by atoms with Crippen LogP contribution in [0.2, 0.25) is 0 Å². The number of carbonyl (C=O) groups is 2. The number of carbonyl (C=O) groups excluding carboxylic acids is 2. The molecule has 1 N–H and O–H groups in total. The van der Waals surface area contributed by atoms with Gasteiger partial charge < -0.3 is 10.2 Å². The van der Waals surface area contributed by atoms with Gasteiger partial charge in [-0.15, -0.1) is 11.3 Å². The second kappa shape index (κ2) is 8.43. The fraction of sp³-hybridized carbons (Fsp3) is 0.500. The van der Waals surface area contributed by atoms with E-state index in [0.29, 0.717) is 31.1 Å². The molecule has 1 aromatic carbocycles. The Hall–Kier alpha value is -2.21. The number of aromatic nitrogens is 1. The van der Waals surface area contributed by atoms with Gasteiger partial charge in [-0.25, -0.2) is 4.98 Å². The Bertz CT molecular complexity index is 828. The third-order valence-electron chi connectivity index (χ3n) is 5.19. The normalized spacial score (nSPS) is 15.5. The van der Waals surface area contributed by atoms with Gasteiger partial charge in [0.25, 0.3) is 0 Å². The highest BCUT2D eigenvalue weighted by atomic mass is 32.1. The summed E-state index contributed by atoms with van der Waals surface area (Å²) in [5, 5.41) is 5.57. The van der Waals surface area contributed by atoms with Gasteiger partial charge >= 0.3 is 0 Å². The minimum Gasteiger partial charge on any atom is -0.342 e. The van der Waals surface area contributed by atoms with E-state index in [1.165, 1.54) is 16.9 Å². The van der Waals surface area contributed by atoms with Crippen LogP contribution < -0.4 is 5.32 Å². The van der Waals surface area contributed by atoms with E-state index in [1.54, 1.807) is 0 Å². The number of rotatable bonds is 4. The van der Waals surface area contributed by atoms with Crippen molar-refractivity contribution >= 4 is 28.3 Å². The molecule has 3 rings (SSSR count). The highest BCUT2D eigenvalue weighted by Gasteiger charge is 2.32. The van der Waals surface area contributed by atoms with Crippen molar-refractivity contribution in [1.82, 2.24) is 9.88 Å². The van der Waals surface area contributed by atoms with Crippen molar-refractivity contribution in [1.29, 1.82) is 0 Å². The van der Waals surface area contributed by atoms with Gasteiger partial charge in [0, 0.05) is 35.4 Å². The lowest BCUT2D eigenvalue weighted by Crippen LogP contribution is -2.45. The van der Waals surface area contributed by atoms with E-state index >= 15 is 0 Å². The van der Waals surface area contributed by atoms with Gasteiger partial charge in [0.05, 0.1) is 5.69 Å². The summed E-state index contributed by atoms with van der Waals surface area (Å²) in [5.74, 6) is 0.0929. The zero-order valence-electron chi connectivity index (χ0n) is 17.1. The Kier molecular flexibility index (Phi) is 6.18. The number of nitrogens with one attached hydrogen (secondary N) is 1. The Labute approximate surface area is 171 Å². The maximum atomic E-state index is 12.6. The lowest BCUT2D eigenvalue weighted by Gasteiger charge is -2.35. The summed E-state index contributed by atoms with van der Waals surface area (Å²) in [6.45, 7) is 9.22. The molecule has 1 saturated heterocycles. The molecule has 150 valence electrons. The van der Waals surface area contributed by atoms with Crippen LogP contribution in [0.25, 0.3) is 11.3 Å². The van der Waals surface area contributed by atoms with Gasteiger partial charge in [-0.1, -0.05) is 52.0 Å². The largest absolute Gasteiger partial charge is 0.342 e. The van der Waals surface area contributed by atoms with Crippen molar-refractivity contribution in [3.05, 3.63) is 35.2 Å². The number of aryl methyl sites for hydroxylation is 1. The maximum absolute atomic E-state index is 12.6. The number of hydrogen-bond donors (Lipinski definition) is 1. The minimum atomic E-state index is -0.373. The molecule has 2 amide bonds. The van der Waals surface area contributed by atoms with Crippen LogP contribution in [0.4, 0.5) is 5.13 Å². The highest BCUT2D eigenvalue weighted by Crippen LogP contribution is 2.28. The molecule has 1 aromatic heterocycles. The summed E-state index contributed by atoms with van der Waals surface area (Å²) in [6.07, 6.45) is 2.41. The third kappa shape index (κ3) is 4.79. The molecule has 0 atom stereocenters. The fourth-order valence-electron chi connectivity index (χ4n) is 3.40. The lowest BCUT2D eigenvalue weighted by molar-refractivity contribution is -0.142. The third-order valence-corrected chi connectivity index (χ3v) is 5.94. The Morgan fingerprint density at radius 2 is 1.82 bits per heavy atom. The highest BCUT2D eigenvalue weighted by molar-refractivity contribution is 7.14. The van der Waals surface area contributed by atoms with Crippen molar-refractivity contribution in [3.8, 4) is 11.3 Å². The predicted octanol–water partition coefficient (Wildman–Crippen LogP) is 4.60. The summed E-state index contributed by atoms with van der Waals surface area (Å²) in [7, 11) is 0. The van der Waals surface area contributed by atoms with E-state index in [1.807, 2.05) is 31.1 Å². The zero-order valence-corrected chi connectivity index (χ0v) is 17.9. The number of likely N-dealkylation sites (tertiary alicyclic amines) is 1. The Balaban J connectivity index is 1.56. The molecule has 1 aliphatic rings. The van der Waals surface area contributed by atoms with Crippen molar-refractivity contribution in [3.63, 3.8) is 0 Å². The summed E-state index contributed by atoms with van der Waals surface area (Å²) in [5.41, 5.74) is 2.86. The van der Waals surface area contributed by atoms with E-state index in [4.69, 9.17) is 0 Å². The lowest BCUT2D eigenvalue weighted by atomic mass is 9.91. The Morgan fingerprint density at radius 3 is 2.39 bits per heavy atom. The van der Waals surface area contributed by atoms with E-state index in [2.05, 4.69) is 41.5 Å². The topological polar surface area (TPSA) is 62.3 Å². The smallest absolute Gasteiger partial charge is 0.229 e. The van der Waals surface area contributed by atoms with Gasteiger partial charge in [-0.05, 0) is 24.8 Å². The van der Waals surface area contributed by atoms with Crippen LogP contribution in [-0.4, -0.2) is 34.8 Å². The van der Waals surface area contributed by atoms with Crippen molar-refractivity contribution in [2.75, 3.05) is 18.4 Å². The van der Waals surface area contributed by atoms with Gasteiger partial charge in [0.1, 0.15) is 0 Å². The molecule has 2 aromatic rings. The number of hydrogen-bond acceptors (Lipinski definition) is 4. The van der Waals surface area contributed by atoms with Crippen LogP contribution >= 0.6 is 11.3 Å². The average molecular weight is 400 g/mol. The predicted molar refractivity (Wildman–Crippen MR) is 114 cm³/mol. The minimum absolute atomic E-state index is 0.00471. The van der Waals surface area contributed by atoms with Crippen molar-refractivity contribution in [2.45, 2.75) is 47.0 Å². The van der Waals surface area contributed by atoms with Crippen LogP contribution in [0.1, 0.15) is 46.1 Å². The van der Waals surface area contributed by atoms with Gasteiger partial charge in [0.2, 0.25) is 11.8 Å². The molecular weight excluding hydrogens is 370 g/mol. The van der Waals surface area contributed by atoms with E-state index in [9.17, 15) is 9.59 Å². The summed E-state index contributed by atoms with van der Waals surface area (Å²) in [6, 6.07) is 8.36. The van der Waals surface area contributed by atoms with Gasteiger partial charge in [-0.2, -0.15) is 0 Å². The maximum Gasteiger partial charge on any atom is 0.229 e. The van der Waals surface area contributed by atoms with Crippen LogP contribution in [0, 0.1) is 11.3 Å². The molecule has 28 heavy (non-hydrogen) atoms. The number of piperidine rings is 1. The number of amides is 2. The molecule has 0 spiro atoms. The molecule has 0 saturated carbocycles. The number of benzene rings is 1. The van der Waals surface area contributed by atoms with Crippen molar-refractivity contribution < 1.29 is 9.59 Å². The molecule has 1 fully saturated rings. The van der Waals surface area contributed by atoms with Crippen LogP contribution in [0.3, 0.4) is 0 Å². The van der Waals surface area contributed by atoms with E-state index in [0.717, 1.165) is 17.7 Å². The number of nitrogens with zero attached hydrogens (tertiary/aromatic N) is 2. The zero-order chi connectivity index (χ0) is 20.3. The molecule has 6 heteroatoms. The summed E-state index contributed by atoms with van der Waals surface area (Å²) < 4.78 is 0. The second-order valence-corrected chi connectivity index (χ2v) is 9.25. The average Bonchev–Trinajstić information content (AvgIpc) is 3.15. The first-order valence-electron chi connectivity index (χ1n) is 9.93. The molecule has 2 heterocycles. The first kappa shape index (κ1) is 20.5. The van der Waals surface area contributed by atoms with Gasteiger partial charge in [0.15, 0.2) is 5.13 Å². The fourth-order valence-corrected chi connectivity index (χ4v) is 4.12. The molecular formula is C22H29N3O2S. The van der Waals surface area contributed by atoms with E-state index in [-0.39, 0.29) is 23.1 Å². The van der Waals surface area contributed by atoms with Crippen LogP contribution in [0.15, 0.2) is 29.6 Å². The van der Waals surface area contributed by atoms with Crippen LogP contribution in [0.5, 0.6) is 0 Å². The number of anilines is 1. The first-order chi connectivity index (χ1) is 13.3. The molecule has 0 unspecified atom stereocenters. The summed E-state index contributed by atoms with van der Waals surface area (Å²) >= 11 is 1.45. The molecule has 0 aliphatic carbocycles. The molecule has 1 aliphatic heterocycles. The van der Waals surface area contributed by atoms with E-state index < -0.39 is 0 Å². The monoisotopic (exact) mass is 399 g/mol. The standard InChI is InChI=1S/C22H29N3O2S/c1-5-15-6-8-16(9-7-15)18-14-28-21(23-18)24-19(26)17-10-12-25(13-11-17)20(27)22(2,3)4/h6-9,14,17H,5,10-13H2,1-4H3,(H,23,24,26). The summed E-state index contributed by atoms with van der Waals surface area (Å²) in [4.78, 5) is 31.5. The quantitative estimate of drug-likeness (QED) is 0.817. The second-order valence-electron chi connectivity index (χ2n) is 8.39. The van der Waals surface area contributed by atoms with Gasteiger partial charge in [-0.3, -0.25) is 9.59 Å². The number of thiazole rings is 1.